The molecule has 0 bridgehead atoms. The summed E-state index contributed by atoms with van der Waals surface area (Å²) < 4.78 is 0. The highest BCUT2D eigenvalue weighted by molar-refractivity contribution is 9.09. The maximum absolute atomic E-state index is 11.3. The van der Waals surface area contributed by atoms with Gasteiger partial charge in [-0.2, -0.15) is 0 Å². The van der Waals surface area contributed by atoms with Crippen molar-refractivity contribution < 1.29 is 4.79 Å². The molecule has 1 amide bonds. The lowest BCUT2D eigenvalue weighted by Crippen LogP contribution is -2.40. The Morgan fingerprint density at radius 2 is 2.00 bits per heavy atom. The van der Waals surface area contributed by atoms with Crippen LogP contribution in [0.25, 0.3) is 0 Å². The standard InChI is InChI=1S/C8H16BrNO/c1-6(5-9)10-7(11)8(2,3)4/h6H,5H2,1-4H3,(H,10,11). The summed E-state index contributed by atoms with van der Waals surface area (Å²) in [5.41, 5.74) is -0.281. The molecule has 0 aliphatic heterocycles. The summed E-state index contributed by atoms with van der Waals surface area (Å²) in [6, 6.07) is 0.210. The summed E-state index contributed by atoms with van der Waals surface area (Å²) in [5.74, 6) is 0.101. The van der Waals surface area contributed by atoms with Crippen molar-refractivity contribution in [2.75, 3.05) is 5.33 Å². The van der Waals surface area contributed by atoms with E-state index in [1.54, 1.807) is 0 Å². The van der Waals surface area contributed by atoms with Crippen LogP contribution in [0.3, 0.4) is 0 Å². The zero-order valence-electron chi connectivity index (χ0n) is 7.57. The molecule has 0 aliphatic rings. The number of carbonyl (C=O) groups is 1. The highest BCUT2D eigenvalue weighted by atomic mass is 79.9. The van der Waals surface area contributed by atoms with Crippen molar-refractivity contribution in [3.8, 4) is 0 Å². The Balaban J connectivity index is 3.88. The highest BCUT2D eigenvalue weighted by Crippen LogP contribution is 2.12. The first-order valence-electron chi connectivity index (χ1n) is 3.75. The maximum Gasteiger partial charge on any atom is 0.225 e. The average Bonchev–Trinajstić information content (AvgIpc) is 1.85. The molecule has 0 saturated heterocycles. The number of nitrogens with one attached hydrogen (secondary N) is 1. The fourth-order valence-corrected chi connectivity index (χ4v) is 0.641. The first-order chi connectivity index (χ1) is 4.88. The molecule has 0 rings (SSSR count). The van der Waals surface area contributed by atoms with Gasteiger partial charge >= 0.3 is 0 Å². The van der Waals surface area contributed by atoms with Gasteiger partial charge in [0.15, 0.2) is 0 Å². The average molecular weight is 222 g/mol. The van der Waals surface area contributed by atoms with Gasteiger partial charge in [-0.05, 0) is 6.92 Å². The monoisotopic (exact) mass is 221 g/mol. The van der Waals surface area contributed by atoms with E-state index in [1.165, 1.54) is 0 Å². The summed E-state index contributed by atoms with van der Waals surface area (Å²) in [4.78, 5) is 11.3. The number of carbonyl (C=O) groups excluding carboxylic acids is 1. The molecule has 0 aromatic rings. The Bertz CT molecular complexity index is 140. The number of halogens is 1. The first kappa shape index (κ1) is 11.0. The van der Waals surface area contributed by atoms with E-state index in [1.807, 2.05) is 27.7 Å². The fourth-order valence-electron chi connectivity index (χ4n) is 0.479. The molecule has 0 fully saturated rings. The number of hydrogen-bond donors (Lipinski definition) is 1. The van der Waals surface area contributed by atoms with E-state index in [4.69, 9.17) is 0 Å². The summed E-state index contributed by atoms with van der Waals surface area (Å²) in [7, 11) is 0. The van der Waals surface area contributed by atoms with E-state index in [2.05, 4.69) is 21.2 Å². The van der Waals surface area contributed by atoms with Crippen LogP contribution in [0, 0.1) is 5.41 Å². The Hall–Kier alpha value is -0.0500. The molecule has 3 heteroatoms. The summed E-state index contributed by atoms with van der Waals surface area (Å²) in [5, 5.41) is 3.68. The largest absolute Gasteiger partial charge is 0.352 e. The minimum absolute atomic E-state index is 0.101. The van der Waals surface area contributed by atoms with Crippen LogP contribution < -0.4 is 5.32 Å². The van der Waals surface area contributed by atoms with Crippen LogP contribution in [0.15, 0.2) is 0 Å². The third kappa shape index (κ3) is 4.40. The minimum Gasteiger partial charge on any atom is -0.352 e. The van der Waals surface area contributed by atoms with Crippen molar-refractivity contribution in [1.29, 1.82) is 0 Å². The van der Waals surface area contributed by atoms with E-state index < -0.39 is 0 Å². The van der Waals surface area contributed by atoms with Crippen LogP contribution in [-0.2, 0) is 4.79 Å². The second-order valence-corrected chi connectivity index (χ2v) is 4.43. The molecule has 0 saturated carbocycles. The van der Waals surface area contributed by atoms with Crippen LogP contribution in [0.4, 0.5) is 0 Å². The lowest BCUT2D eigenvalue weighted by atomic mass is 9.95. The van der Waals surface area contributed by atoms with E-state index in [0.29, 0.717) is 0 Å². The van der Waals surface area contributed by atoms with E-state index in [0.717, 1.165) is 5.33 Å². The number of rotatable bonds is 2. The molecule has 2 nitrogen and oxygen atoms in total. The molecular weight excluding hydrogens is 206 g/mol. The molecule has 1 N–H and O–H groups in total. The van der Waals surface area contributed by atoms with Gasteiger partial charge in [-0.25, -0.2) is 0 Å². The molecule has 0 radical (unpaired) electrons. The summed E-state index contributed by atoms with van der Waals surface area (Å²) in [6.45, 7) is 7.69. The molecular formula is C8H16BrNO. The van der Waals surface area contributed by atoms with E-state index in [9.17, 15) is 4.79 Å². The molecule has 0 aliphatic carbocycles. The molecule has 1 unspecified atom stereocenters. The van der Waals surface area contributed by atoms with Gasteiger partial charge < -0.3 is 5.32 Å². The van der Waals surface area contributed by atoms with E-state index >= 15 is 0 Å². The molecule has 1 atom stereocenters. The fraction of sp³-hybridized carbons (Fsp3) is 0.875. The zero-order chi connectivity index (χ0) is 9.07. The predicted molar refractivity (Wildman–Crippen MR) is 50.9 cm³/mol. The Morgan fingerprint density at radius 1 is 1.55 bits per heavy atom. The van der Waals surface area contributed by atoms with Gasteiger partial charge in [0, 0.05) is 16.8 Å². The topological polar surface area (TPSA) is 29.1 Å². The summed E-state index contributed by atoms with van der Waals surface area (Å²) >= 11 is 3.30. The van der Waals surface area contributed by atoms with Crippen LogP contribution in [0.2, 0.25) is 0 Å². The van der Waals surface area contributed by atoms with Crippen LogP contribution in [-0.4, -0.2) is 17.3 Å². The SMILES string of the molecule is CC(CBr)NC(=O)C(C)(C)C. The number of amides is 1. The van der Waals surface area contributed by atoms with Gasteiger partial charge in [0.2, 0.25) is 5.91 Å². The minimum atomic E-state index is -0.281. The lowest BCUT2D eigenvalue weighted by Gasteiger charge is -2.20. The first-order valence-corrected chi connectivity index (χ1v) is 4.87. The number of hydrogen-bond acceptors (Lipinski definition) is 1. The molecule has 0 heterocycles. The van der Waals surface area contributed by atoms with Crippen molar-refractivity contribution in [3.63, 3.8) is 0 Å². The summed E-state index contributed by atoms with van der Waals surface area (Å²) in [6.07, 6.45) is 0. The molecule has 11 heavy (non-hydrogen) atoms. The van der Waals surface area contributed by atoms with Crippen LogP contribution >= 0.6 is 15.9 Å². The Kier molecular flexibility index (Phi) is 4.08. The Morgan fingerprint density at radius 3 is 2.27 bits per heavy atom. The normalized spacial score (nSPS) is 14.3. The smallest absolute Gasteiger partial charge is 0.225 e. The quantitative estimate of drug-likeness (QED) is 0.710. The van der Waals surface area contributed by atoms with E-state index in [-0.39, 0.29) is 17.4 Å². The zero-order valence-corrected chi connectivity index (χ0v) is 9.16. The van der Waals surface area contributed by atoms with Gasteiger partial charge in [-0.1, -0.05) is 36.7 Å². The van der Waals surface area contributed by atoms with Gasteiger partial charge in [-0.3, -0.25) is 4.79 Å². The molecule has 0 aromatic heterocycles. The Labute approximate surface area is 76.9 Å². The second-order valence-electron chi connectivity index (χ2n) is 3.78. The molecule has 0 aromatic carbocycles. The molecule has 0 spiro atoms. The second kappa shape index (κ2) is 4.10. The van der Waals surface area contributed by atoms with Gasteiger partial charge in [0.05, 0.1) is 0 Å². The third-order valence-corrected chi connectivity index (χ3v) is 2.26. The van der Waals surface area contributed by atoms with Crippen molar-refractivity contribution in [2.45, 2.75) is 33.7 Å². The van der Waals surface area contributed by atoms with Crippen molar-refractivity contribution in [1.82, 2.24) is 5.32 Å². The van der Waals surface area contributed by atoms with Crippen molar-refractivity contribution in [2.24, 2.45) is 5.41 Å². The van der Waals surface area contributed by atoms with Gasteiger partial charge in [0.1, 0.15) is 0 Å². The highest BCUT2D eigenvalue weighted by Gasteiger charge is 2.21. The molecule has 66 valence electrons. The van der Waals surface area contributed by atoms with Crippen LogP contribution in [0.5, 0.6) is 0 Å². The number of alkyl halides is 1. The maximum atomic E-state index is 11.3. The third-order valence-electron chi connectivity index (χ3n) is 1.29. The van der Waals surface area contributed by atoms with Crippen LogP contribution in [0.1, 0.15) is 27.7 Å². The van der Waals surface area contributed by atoms with Gasteiger partial charge in [0.25, 0.3) is 0 Å². The van der Waals surface area contributed by atoms with Gasteiger partial charge in [-0.15, -0.1) is 0 Å². The van der Waals surface area contributed by atoms with Crippen molar-refractivity contribution >= 4 is 21.8 Å². The predicted octanol–water partition coefficient (Wildman–Crippen LogP) is 1.93. The lowest BCUT2D eigenvalue weighted by molar-refractivity contribution is -0.128. The van der Waals surface area contributed by atoms with Crippen molar-refractivity contribution in [3.05, 3.63) is 0 Å².